The van der Waals surface area contributed by atoms with Gasteiger partial charge in [0.25, 0.3) is 0 Å². The highest BCUT2D eigenvalue weighted by atomic mass is 19.2. The molecule has 0 amide bonds. The van der Waals surface area contributed by atoms with E-state index in [0.29, 0.717) is 11.1 Å². The van der Waals surface area contributed by atoms with Gasteiger partial charge in [-0.25, -0.2) is 13.6 Å². The van der Waals surface area contributed by atoms with E-state index in [9.17, 15) is 22.4 Å². The molecule has 0 atom stereocenters. The Balaban J connectivity index is 1.50. The number of rotatable bonds is 6. The number of halogens is 4. The number of benzene rings is 3. The molecular weight excluding hydrogens is 464 g/mol. The third kappa shape index (κ3) is 5.03. The van der Waals surface area contributed by atoms with Crippen LogP contribution in [0.3, 0.4) is 0 Å². The summed E-state index contributed by atoms with van der Waals surface area (Å²) in [6, 6.07) is 10.9. The fourth-order valence-electron chi connectivity index (χ4n) is 4.41. The van der Waals surface area contributed by atoms with E-state index in [0.717, 1.165) is 37.8 Å². The molecule has 4 rings (SSSR count). The van der Waals surface area contributed by atoms with Crippen molar-refractivity contribution in [2.24, 2.45) is 0 Å². The molecule has 0 spiro atoms. The van der Waals surface area contributed by atoms with E-state index in [1.165, 1.54) is 37.4 Å². The number of esters is 1. The first-order valence-electron chi connectivity index (χ1n) is 11.2. The van der Waals surface area contributed by atoms with Gasteiger partial charge in [0, 0.05) is 12.7 Å². The van der Waals surface area contributed by atoms with Gasteiger partial charge >= 0.3 is 5.97 Å². The molecule has 35 heavy (non-hydrogen) atoms. The van der Waals surface area contributed by atoms with Crippen LogP contribution in [0.1, 0.15) is 47.5 Å². The van der Waals surface area contributed by atoms with Crippen LogP contribution in [0.2, 0.25) is 0 Å². The Kier molecular flexibility index (Phi) is 7.40. The second-order valence-corrected chi connectivity index (χ2v) is 8.40. The number of carbonyl (C=O) groups is 1. The first-order valence-corrected chi connectivity index (χ1v) is 11.2. The van der Waals surface area contributed by atoms with Crippen LogP contribution in [0.15, 0.2) is 48.5 Å². The maximum absolute atomic E-state index is 15.0. The van der Waals surface area contributed by atoms with Gasteiger partial charge in [-0.15, -0.1) is 0 Å². The molecule has 1 aliphatic carbocycles. The van der Waals surface area contributed by atoms with Crippen molar-refractivity contribution in [2.75, 3.05) is 14.2 Å². The Morgan fingerprint density at radius 2 is 1.37 bits per heavy atom. The van der Waals surface area contributed by atoms with E-state index < -0.39 is 35.0 Å². The van der Waals surface area contributed by atoms with Gasteiger partial charge in [-0.1, -0.05) is 24.3 Å². The molecule has 1 saturated carbocycles. The zero-order chi connectivity index (χ0) is 25.1. The summed E-state index contributed by atoms with van der Waals surface area (Å²) in [6.45, 7) is 0. The minimum absolute atomic E-state index is 0.0248. The molecule has 1 fully saturated rings. The molecular formula is C27H24F4O4. The summed E-state index contributed by atoms with van der Waals surface area (Å²) >= 11 is 0. The summed E-state index contributed by atoms with van der Waals surface area (Å²) in [6.07, 6.45) is 3.21. The van der Waals surface area contributed by atoms with Crippen molar-refractivity contribution < 1.29 is 36.6 Å². The number of methoxy groups -OCH3 is 2. The van der Waals surface area contributed by atoms with Crippen molar-refractivity contribution in [3.63, 3.8) is 0 Å². The Morgan fingerprint density at radius 3 is 2.00 bits per heavy atom. The van der Waals surface area contributed by atoms with Gasteiger partial charge in [0.2, 0.25) is 11.6 Å². The third-order valence-corrected chi connectivity index (χ3v) is 6.43. The Hall–Kier alpha value is -3.39. The number of hydrogen-bond donors (Lipinski definition) is 0. The highest BCUT2D eigenvalue weighted by molar-refractivity contribution is 5.91. The SMILES string of the molecule is COc1ccc(OC(=O)c2ccc(-c3ccc(C4CCC(OC)CC4)c(F)c3F)cc2)c(F)c1F. The molecule has 0 unspecified atom stereocenters. The van der Waals surface area contributed by atoms with Crippen LogP contribution < -0.4 is 9.47 Å². The normalized spacial score (nSPS) is 17.8. The number of ether oxygens (including phenoxy) is 3. The largest absolute Gasteiger partial charge is 0.494 e. The first-order chi connectivity index (χ1) is 16.8. The van der Waals surface area contributed by atoms with Crippen molar-refractivity contribution in [3.8, 4) is 22.6 Å². The lowest BCUT2D eigenvalue weighted by Crippen LogP contribution is -2.20. The average Bonchev–Trinajstić information content (AvgIpc) is 2.88. The maximum atomic E-state index is 15.0. The van der Waals surface area contributed by atoms with E-state index in [-0.39, 0.29) is 28.9 Å². The Morgan fingerprint density at radius 1 is 0.743 bits per heavy atom. The molecule has 184 valence electrons. The summed E-state index contributed by atoms with van der Waals surface area (Å²) in [5.41, 5.74) is 0.792. The molecule has 3 aromatic carbocycles. The molecule has 0 aliphatic heterocycles. The molecule has 3 aromatic rings. The van der Waals surface area contributed by atoms with Crippen molar-refractivity contribution in [3.05, 3.63) is 82.9 Å². The van der Waals surface area contributed by atoms with Gasteiger partial charge in [-0.2, -0.15) is 8.78 Å². The van der Waals surface area contributed by atoms with Crippen LogP contribution in [0, 0.1) is 23.3 Å². The summed E-state index contributed by atoms with van der Waals surface area (Å²) in [5.74, 6) is -6.39. The summed E-state index contributed by atoms with van der Waals surface area (Å²) < 4.78 is 72.8. The van der Waals surface area contributed by atoms with E-state index >= 15 is 0 Å². The maximum Gasteiger partial charge on any atom is 0.343 e. The van der Waals surface area contributed by atoms with Crippen LogP contribution in [0.5, 0.6) is 11.5 Å². The Labute approximate surface area is 200 Å². The molecule has 0 N–H and O–H groups in total. The fourth-order valence-corrected chi connectivity index (χ4v) is 4.41. The van der Waals surface area contributed by atoms with Crippen LogP contribution in [0.25, 0.3) is 11.1 Å². The lowest BCUT2D eigenvalue weighted by molar-refractivity contribution is 0.0655. The standard InChI is InChI=1S/C27H24F4O4/c1-33-18-9-7-16(8-10-18)20-12-11-19(23(28)24(20)29)15-3-5-17(6-4-15)27(32)35-22-14-13-21(34-2)25(30)26(22)31/h3-6,11-14,16,18H,7-10H2,1-2H3. The van der Waals surface area contributed by atoms with E-state index in [2.05, 4.69) is 4.74 Å². The second-order valence-electron chi connectivity index (χ2n) is 8.40. The molecule has 1 aliphatic rings. The number of carbonyl (C=O) groups excluding carboxylic acids is 1. The summed E-state index contributed by atoms with van der Waals surface area (Å²) in [7, 11) is 2.84. The van der Waals surface area contributed by atoms with Crippen molar-refractivity contribution in [2.45, 2.75) is 37.7 Å². The third-order valence-electron chi connectivity index (χ3n) is 6.43. The van der Waals surface area contributed by atoms with Crippen LogP contribution in [0.4, 0.5) is 17.6 Å². The average molecular weight is 488 g/mol. The second kappa shape index (κ2) is 10.5. The molecule has 8 heteroatoms. The summed E-state index contributed by atoms with van der Waals surface area (Å²) in [5, 5.41) is 0. The monoisotopic (exact) mass is 488 g/mol. The minimum atomic E-state index is -1.36. The first kappa shape index (κ1) is 24.7. The van der Waals surface area contributed by atoms with Crippen molar-refractivity contribution >= 4 is 5.97 Å². The fraction of sp³-hybridized carbons (Fsp3) is 0.296. The predicted molar refractivity (Wildman–Crippen MR) is 122 cm³/mol. The Bertz CT molecular complexity index is 1220. The quantitative estimate of drug-likeness (QED) is 0.217. The van der Waals surface area contributed by atoms with Gasteiger partial charge in [0.1, 0.15) is 0 Å². The van der Waals surface area contributed by atoms with Gasteiger partial charge in [-0.3, -0.25) is 0 Å². The van der Waals surface area contributed by atoms with E-state index in [1.54, 1.807) is 13.2 Å². The minimum Gasteiger partial charge on any atom is -0.494 e. The van der Waals surface area contributed by atoms with E-state index in [4.69, 9.17) is 9.47 Å². The van der Waals surface area contributed by atoms with Crippen LogP contribution in [-0.4, -0.2) is 26.3 Å². The molecule has 0 radical (unpaired) electrons. The summed E-state index contributed by atoms with van der Waals surface area (Å²) in [4.78, 5) is 12.4. The number of hydrogen-bond acceptors (Lipinski definition) is 4. The molecule has 0 saturated heterocycles. The van der Waals surface area contributed by atoms with Crippen LogP contribution in [-0.2, 0) is 4.74 Å². The topological polar surface area (TPSA) is 44.8 Å². The lowest BCUT2D eigenvalue weighted by Gasteiger charge is -2.28. The smallest absolute Gasteiger partial charge is 0.343 e. The molecule has 0 bridgehead atoms. The molecule has 0 aromatic heterocycles. The molecule has 4 nitrogen and oxygen atoms in total. The van der Waals surface area contributed by atoms with Crippen molar-refractivity contribution in [1.29, 1.82) is 0 Å². The lowest BCUT2D eigenvalue weighted by atomic mass is 9.82. The van der Waals surface area contributed by atoms with Gasteiger partial charge in [0.15, 0.2) is 23.1 Å². The predicted octanol–water partition coefficient (Wildman–Crippen LogP) is 6.81. The molecule has 0 heterocycles. The van der Waals surface area contributed by atoms with Gasteiger partial charge < -0.3 is 14.2 Å². The zero-order valence-electron chi connectivity index (χ0n) is 19.2. The van der Waals surface area contributed by atoms with Gasteiger partial charge in [-0.05, 0) is 67.0 Å². The highest BCUT2D eigenvalue weighted by Crippen LogP contribution is 2.37. The van der Waals surface area contributed by atoms with Gasteiger partial charge in [0.05, 0.1) is 18.8 Å². The highest BCUT2D eigenvalue weighted by Gasteiger charge is 2.26. The zero-order valence-corrected chi connectivity index (χ0v) is 19.2. The van der Waals surface area contributed by atoms with Crippen molar-refractivity contribution in [1.82, 2.24) is 0 Å². The van der Waals surface area contributed by atoms with E-state index in [1.807, 2.05) is 0 Å². The van der Waals surface area contributed by atoms with Crippen LogP contribution >= 0.6 is 0 Å².